The summed E-state index contributed by atoms with van der Waals surface area (Å²) in [7, 11) is 0. The summed E-state index contributed by atoms with van der Waals surface area (Å²) in [5.74, 6) is 0. The molecule has 1 fully saturated rings. The highest BCUT2D eigenvalue weighted by Gasteiger charge is 2.27. The molecule has 2 rings (SSSR count). The average molecular weight is 318 g/mol. The van der Waals surface area contributed by atoms with E-state index in [1.807, 2.05) is 25.7 Å². The zero-order chi connectivity index (χ0) is 17.2. The van der Waals surface area contributed by atoms with Crippen LogP contribution in [0.5, 0.6) is 0 Å². The standard InChI is InChI=1S/C19H30N2O2/c1-13-10-14(2)17(15(3)11-13)20-16-8-7-9-21(12-16)18(22)23-19(4,5)6/h10-11,16,20H,7-9,12H2,1-6H3. The summed E-state index contributed by atoms with van der Waals surface area (Å²) in [4.78, 5) is 14.1. The largest absolute Gasteiger partial charge is 0.444 e. The Kier molecular flexibility index (Phi) is 5.23. The number of hydrogen-bond donors (Lipinski definition) is 1. The highest BCUT2D eigenvalue weighted by atomic mass is 16.6. The molecule has 0 aromatic heterocycles. The van der Waals surface area contributed by atoms with Crippen molar-refractivity contribution in [3.05, 3.63) is 28.8 Å². The molecule has 0 saturated carbocycles. The van der Waals surface area contributed by atoms with Crippen LogP contribution in [0.25, 0.3) is 0 Å². The molecule has 1 heterocycles. The van der Waals surface area contributed by atoms with Crippen molar-refractivity contribution in [3.63, 3.8) is 0 Å². The summed E-state index contributed by atoms with van der Waals surface area (Å²) >= 11 is 0. The number of anilines is 1. The molecule has 1 amide bonds. The number of hydrogen-bond acceptors (Lipinski definition) is 3. The van der Waals surface area contributed by atoms with E-state index in [0.717, 1.165) is 19.4 Å². The zero-order valence-corrected chi connectivity index (χ0v) is 15.3. The van der Waals surface area contributed by atoms with Crippen LogP contribution in [0.15, 0.2) is 12.1 Å². The minimum Gasteiger partial charge on any atom is -0.444 e. The Balaban J connectivity index is 2.03. The maximum absolute atomic E-state index is 12.3. The molecule has 4 nitrogen and oxygen atoms in total. The Hall–Kier alpha value is -1.71. The molecule has 0 spiro atoms. The first-order valence-electron chi connectivity index (χ1n) is 8.48. The second-order valence-electron chi connectivity index (χ2n) is 7.68. The van der Waals surface area contributed by atoms with Gasteiger partial charge in [0.15, 0.2) is 0 Å². The van der Waals surface area contributed by atoms with Crippen LogP contribution in [-0.4, -0.2) is 35.7 Å². The lowest BCUT2D eigenvalue weighted by molar-refractivity contribution is 0.0206. The summed E-state index contributed by atoms with van der Waals surface area (Å²) in [6, 6.07) is 4.67. The van der Waals surface area contributed by atoms with Crippen LogP contribution in [0, 0.1) is 20.8 Å². The van der Waals surface area contributed by atoms with E-state index < -0.39 is 5.60 Å². The van der Waals surface area contributed by atoms with Crippen LogP contribution >= 0.6 is 0 Å². The smallest absolute Gasteiger partial charge is 0.410 e. The maximum Gasteiger partial charge on any atom is 0.410 e. The lowest BCUT2D eigenvalue weighted by Gasteiger charge is -2.35. The molecule has 23 heavy (non-hydrogen) atoms. The molecule has 1 aromatic carbocycles. The third kappa shape index (κ3) is 4.88. The molecule has 4 heteroatoms. The number of carbonyl (C=O) groups is 1. The van der Waals surface area contributed by atoms with Crippen LogP contribution in [0.3, 0.4) is 0 Å². The molecule has 1 unspecified atom stereocenters. The SMILES string of the molecule is Cc1cc(C)c(NC2CCCN(C(=O)OC(C)(C)C)C2)c(C)c1. The minimum absolute atomic E-state index is 0.207. The van der Waals surface area contributed by atoms with E-state index in [0.29, 0.717) is 6.54 Å². The van der Waals surface area contributed by atoms with Gasteiger partial charge >= 0.3 is 6.09 Å². The first kappa shape index (κ1) is 17.6. The highest BCUT2D eigenvalue weighted by Crippen LogP contribution is 2.25. The minimum atomic E-state index is -0.443. The Bertz CT molecular complexity index is 552. The van der Waals surface area contributed by atoms with Crippen molar-refractivity contribution in [2.24, 2.45) is 0 Å². The van der Waals surface area contributed by atoms with Crippen molar-refractivity contribution < 1.29 is 9.53 Å². The van der Waals surface area contributed by atoms with E-state index >= 15 is 0 Å². The molecule has 0 bridgehead atoms. The molecule has 1 aliphatic rings. The monoisotopic (exact) mass is 318 g/mol. The average Bonchev–Trinajstić information content (AvgIpc) is 2.41. The van der Waals surface area contributed by atoms with Crippen molar-refractivity contribution in [3.8, 4) is 0 Å². The zero-order valence-electron chi connectivity index (χ0n) is 15.3. The molecular weight excluding hydrogens is 288 g/mol. The van der Waals surface area contributed by atoms with Crippen molar-refractivity contribution in [1.82, 2.24) is 4.90 Å². The fraction of sp³-hybridized carbons (Fsp3) is 0.632. The summed E-state index contributed by atoms with van der Waals surface area (Å²) in [6.45, 7) is 13.6. The molecule has 1 N–H and O–H groups in total. The number of carbonyl (C=O) groups excluding carboxylic acids is 1. The van der Waals surface area contributed by atoms with Crippen LogP contribution in [-0.2, 0) is 4.74 Å². The van der Waals surface area contributed by atoms with Crippen molar-refractivity contribution in [1.29, 1.82) is 0 Å². The number of piperidine rings is 1. The van der Waals surface area contributed by atoms with Gasteiger partial charge in [-0.15, -0.1) is 0 Å². The number of aryl methyl sites for hydroxylation is 3. The Morgan fingerprint density at radius 3 is 2.39 bits per heavy atom. The maximum atomic E-state index is 12.3. The molecule has 0 aliphatic carbocycles. The third-order valence-electron chi connectivity index (χ3n) is 4.10. The Morgan fingerprint density at radius 2 is 1.83 bits per heavy atom. The topological polar surface area (TPSA) is 41.6 Å². The van der Waals surface area contributed by atoms with Gasteiger partial charge in [-0.1, -0.05) is 17.7 Å². The number of amides is 1. The lowest BCUT2D eigenvalue weighted by Crippen LogP contribution is -2.47. The third-order valence-corrected chi connectivity index (χ3v) is 4.10. The Labute approximate surface area is 140 Å². The van der Waals surface area contributed by atoms with Crippen LogP contribution < -0.4 is 5.32 Å². The van der Waals surface area contributed by atoms with Crippen molar-refractivity contribution >= 4 is 11.8 Å². The van der Waals surface area contributed by atoms with Crippen LogP contribution in [0.2, 0.25) is 0 Å². The summed E-state index contributed by atoms with van der Waals surface area (Å²) < 4.78 is 5.50. The van der Waals surface area contributed by atoms with Crippen LogP contribution in [0.1, 0.15) is 50.3 Å². The molecule has 0 radical (unpaired) electrons. The number of nitrogens with zero attached hydrogens (tertiary/aromatic N) is 1. The quantitative estimate of drug-likeness (QED) is 0.877. The van der Waals surface area contributed by atoms with Gasteiger partial charge in [0, 0.05) is 24.8 Å². The van der Waals surface area contributed by atoms with E-state index in [1.165, 1.54) is 22.4 Å². The Morgan fingerprint density at radius 1 is 1.22 bits per heavy atom. The second kappa shape index (κ2) is 6.81. The predicted molar refractivity (Wildman–Crippen MR) is 95.1 cm³/mol. The van der Waals surface area contributed by atoms with Gasteiger partial charge in [0.2, 0.25) is 0 Å². The molecule has 1 aromatic rings. The van der Waals surface area contributed by atoms with Crippen molar-refractivity contribution in [2.75, 3.05) is 18.4 Å². The van der Waals surface area contributed by atoms with E-state index in [9.17, 15) is 4.79 Å². The molecular formula is C19H30N2O2. The number of nitrogens with one attached hydrogen (secondary N) is 1. The normalized spacial score (nSPS) is 18.7. The van der Waals surface area contributed by atoms with Gasteiger partial charge in [0.25, 0.3) is 0 Å². The van der Waals surface area contributed by atoms with E-state index in [-0.39, 0.29) is 12.1 Å². The fourth-order valence-corrected chi connectivity index (χ4v) is 3.20. The number of rotatable bonds is 2. The van der Waals surface area contributed by atoms with E-state index in [2.05, 4.69) is 38.2 Å². The van der Waals surface area contributed by atoms with E-state index in [1.54, 1.807) is 0 Å². The molecule has 1 saturated heterocycles. The highest BCUT2D eigenvalue weighted by molar-refractivity contribution is 5.68. The van der Waals surface area contributed by atoms with Gasteiger partial charge < -0.3 is 15.0 Å². The summed E-state index contributed by atoms with van der Waals surface area (Å²) in [5.41, 5.74) is 4.56. The van der Waals surface area contributed by atoms with Gasteiger partial charge in [-0.25, -0.2) is 4.79 Å². The fourth-order valence-electron chi connectivity index (χ4n) is 3.20. The number of ether oxygens (including phenoxy) is 1. The molecule has 128 valence electrons. The van der Waals surface area contributed by atoms with Gasteiger partial charge in [-0.2, -0.15) is 0 Å². The predicted octanol–water partition coefficient (Wildman–Crippen LogP) is 4.42. The van der Waals surface area contributed by atoms with Gasteiger partial charge in [-0.3, -0.25) is 0 Å². The lowest BCUT2D eigenvalue weighted by atomic mass is 10.0. The van der Waals surface area contributed by atoms with Crippen molar-refractivity contribution in [2.45, 2.75) is 66.0 Å². The first-order chi connectivity index (χ1) is 10.7. The molecule has 1 atom stereocenters. The first-order valence-corrected chi connectivity index (χ1v) is 8.48. The van der Waals surface area contributed by atoms with Gasteiger partial charge in [0.1, 0.15) is 5.60 Å². The van der Waals surface area contributed by atoms with Gasteiger partial charge in [0.05, 0.1) is 0 Å². The second-order valence-corrected chi connectivity index (χ2v) is 7.68. The molecule has 1 aliphatic heterocycles. The number of likely N-dealkylation sites (tertiary alicyclic amines) is 1. The van der Waals surface area contributed by atoms with Crippen LogP contribution in [0.4, 0.5) is 10.5 Å². The summed E-state index contributed by atoms with van der Waals surface area (Å²) in [5, 5.41) is 3.64. The van der Waals surface area contributed by atoms with E-state index in [4.69, 9.17) is 4.74 Å². The number of benzene rings is 1. The summed E-state index contributed by atoms with van der Waals surface area (Å²) in [6.07, 6.45) is 1.87. The van der Waals surface area contributed by atoms with Gasteiger partial charge in [-0.05, 0) is 65.5 Å².